The smallest absolute Gasteiger partial charge is 0.291 e. The van der Waals surface area contributed by atoms with Crippen molar-refractivity contribution in [1.82, 2.24) is 4.98 Å². The average molecular weight is 522 g/mol. The lowest BCUT2D eigenvalue weighted by atomic mass is 10.0. The van der Waals surface area contributed by atoms with E-state index in [1.54, 1.807) is 24.4 Å². The number of pyridine rings is 1. The van der Waals surface area contributed by atoms with Gasteiger partial charge in [-0.15, -0.1) is 0 Å². The van der Waals surface area contributed by atoms with Crippen LogP contribution in [0.3, 0.4) is 0 Å². The Morgan fingerprint density at radius 3 is 2.68 bits per heavy atom. The first-order valence-corrected chi connectivity index (χ1v) is 11.8. The maximum atomic E-state index is 12.8. The van der Waals surface area contributed by atoms with Gasteiger partial charge in [0.05, 0.1) is 22.9 Å². The number of carbonyl (C=O) groups is 1. The number of aryl methyl sites for hydroxylation is 1. The number of rotatable bonds is 9. The second kappa shape index (κ2) is 11.1. The molecule has 4 rings (SSSR count). The number of aromatic nitrogens is 1. The van der Waals surface area contributed by atoms with Crippen LogP contribution in [0.5, 0.6) is 17.2 Å². The van der Waals surface area contributed by atoms with E-state index in [4.69, 9.17) is 25.5 Å². The topological polar surface area (TPSA) is 117 Å². The van der Waals surface area contributed by atoms with Gasteiger partial charge in [0.25, 0.3) is 11.6 Å². The number of nitrogens with one attached hydrogen (secondary N) is 1. The van der Waals surface area contributed by atoms with Gasteiger partial charge >= 0.3 is 0 Å². The van der Waals surface area contributed by atoms with Gasteiger partial charge in [-0.25, -0.2) is 0 Å². The molecule has 0 bridgehead atoms. The van der Waals surface area contributed by atoms with Gasteiger partial charge in [0.15, 0.2) is 5.76 Å². The number of ether oxygens (including phenoxy) is 2. The van der Waals surface area contributed by atoms with Crippen LogP contribution in [0.4, 0.5) is 11.4 Å². The van der Waals surface area contributed by atoms with Gasteiger partial charge in [-0.3, -0.25) is 19.9 Å². The summed E-state index contributed by atoms with van der Waals surface area (Å²) in [4.78, 5) is 27.6. The summed E-state index contributed by atoms with van der Waals surface area (Å²) in [6.07, 6.45) is 3.05. The van der Waals surface area contributed by atoms with Gasteiger partial charge in [0, 0.05) is 23.4 Å². The molecule has 1 amide bonds. The van der Waals surface area contributed by atoms with Gasteiger partial charge in [-0.05, 0) is 60.4 Å². The Bertz CT molecular complexity index is 1440. The zero-order valence-electron chi connectivity index (χ0n) is 20.4. The number of furan rings is 1. The highest BCUT2D eigenvalue weighted by molar-refractivity contribution is 6.31. The van der Waals surface area contributed by atoms with Crippen molar-refractivity contribution in [3.05, 3.63) is 105 Å². The predicted molar refractivity (Wildman–Crippen MR) is 139 cm³/mol. The first-order valence-electron chi connectivity index (χ1n) is 11.4. The van der Waals surface area contributed by atoms with Crippen molar-refractivity contribution >= 4 is 28.9 Å². The van der Waals surface area contributed by atoms with Crippen LogP contribution in [0.25, 0.3) is 0 Å². The summed E-state index contributed by atoms with van der Waals surface area (Å²) < 4.78 is 17.3. The Kier molecular flexibility index (Phi) is 7.74. The zero-order valence-corrected chi connectivity index (χ0v) is 21.1. The molecule has 4 aromatic rings. The number of benzene rings is 2. The minimum atomic E-state index is -0.579. The van der Waals surface area contributed by atoms with Crippen LogP contribution >= 0.6 is 11.6 Å². The number of halogens is 1. The molecule has 9 nitrogen and oxygen atoms in total. The second-order valence-corrected chi connectivity index (χ2v) is 8.97. The fourth-order valence-corrected chi connectivity index (χ4v) is 3.70. The van der Waals surface area contributed by atoms with E-state index < -0.39 is 10.8 Å². The van der Waals surface area contributed by atoms with E-state index in [2.05, 4.69) is 10.3 Å². The summed E-state index contributed by atoms with van der Waals surface area (Å²) in [6.45, 7) is 6.10. The Labute approximate surface area is 218 Å². The van der Waals surface area contributed by atoms with Crippen LogP contribution in [0.15, 0.2) is 71.4 Å². The van der Waals surface area contributed by atoms with E-state index in [9.17, 15) is 14.9 Å². The minimum Gasteiger partial charge on any atom is -0.485 e. The quantitative estimate of drug-likeness (QED) is 0.181. The number of nitro groups is 1. The van der Waals surface area contributed by atoms with Crippen LogP contribution < -0.4 is 14.8 Å². The van der Waals surface area contributed by atoms with Crippen molar-refractivity contribution in [2.75, 3.05) is 5.32 Å². The number of nitro benzene ring substituents is 1. The fourth-order valence-electron chi connectivity index (χ4n) is 3.53. The van der Waals surface area contributed by atoms with E-state index in [1.807, 2.05) is 32.9 Å². The summed E-state index contributed by atoms with van der Waals surface area (Å²) >= 11 is 6.26. The molecular weight excluding hydrogens is 498 g/mol. The van der Waals surface area contributed by atoms with Crippen molar-refractivity contribution in [3.8, 4) is 17.2 Å². The van der Waals surface area contributed by atoms with Crippen molar-refractivity contribution in [1.29, 1.82) is 0 Å². The third-order valence-electron chi connectivity index (χ3n) is 5.40. The molecule has 0 aliphatic heterocycles. The Hall–Kier alpha value is -4.37. The summed E-state index contributed by atoms with van der Waals surface area (Å²) in [5.41, 5.74) is 1.79. The van der Waals surface area contributed by atoms with Crippen LogP contribution in [-0.4, -0.2) is 15.8 Å². The van der Waals surface area contributed by atoms with E-state index in [0.717, 1.165) is 11.1 Å². The fraction of sp³-hybridized carbons (Fsp3) is 0.185. The minimum absolute atomic E-state index is 0.0243. The molecule has 37 heavy (non-hydrogen) atoms. The highest BCUT2D eigenvalue weighted by atomic mass is 35.5. The van der Waals surface area contributed by atoms with Crippen molar-refractivity contribution in [2.45, 2.75) is 33.3 Å². The molecule has 2 heterocycles. The molecule has 1 N–H and O–H groups in total. The van der Waals surface area contributed by atoms with Gasteiger partial charge in [0.2, 0.25) is 0 Å². The SMILES string of the molecule is Cc1cc(OCc2ccc(C(=O)Nc3cc(Oc4cccnc4)cc([N+](=O)[O-])c3)o2)c(C(C)C)cc1Cl. The van der Waals surface area contributed by atoms with Gasteiger partial charge in [0.1, 0.15) is 29.6 Å². The monoisotopic (exact) mass is 521 g/mol. The molecule has 0 atom stereocenters. The zero-order chi connectivity index (χ0) is 26.5. The van der Waals surface area contributed by atoms with Gasteiger partial charge < -0.3 is 19.2 Å². The molecule has 0 unspecified atom stereocenters. The molecule has 0 aliphatic rings. The Morgan fingerprint density at radius 2 is 1.97 bits per heavy atom. The normalized spacial score (nSPS) is 10.8. The first-order chi connectivity index (χ1) is 17.7. The van der Waals surface area contributed by atoms with Crippen LogP contribution in [-0.2, 0) is 6.61 Å². The molecule has 0 aliphatic carbocycles. The third kappa shape index (κ3) is 6.45. The molecule has 0 radical (unpaired) electrons. The van der Waals surface area contributed by atoms with Crippen molar-refractivity contribution in [2.24, 2.45) is 0 Å². The lowest BCUT2D eigenvalue weighted by molar-refractivity contribution is -0.384. The van der Waals surface area contributed by atoms with Crippen LogP contribution in [0, 0.1) is 17.0 Å². The van der Waals surface area contributed by atoms with Gasteiger partial charge in [-0.2, -0.15) is 0 Å². The summed E-state index contributed by atoms with van der Waals surface area (Å²) in [6, 6.07) is 14.2. The number of nitrogens with zero attached hydrogens (tertiary/aromatic N) is 2. The Morgan fingerprint density at radius 1 is 1.16 bits per heavy atom. The van der Waals surface area contributed by atoms with Crippen molar-refractivity contribution in [3.63, 3.8) is 0 Å². The van der Waals surface area contributed by atoms with Gasteiger partial charge in [-0.1, -0.05) is 25.4 Å². The van der Waals surface area contributed by atoms with E-state index in [1.165, 1.54) is 30.5 Å². The number of non-ortho nitro benzene ring substituents is 1. The maximum Gasteiger partial charge on any atom is 0.291 e. The molecule has 0 saturated carbocycles. The molecule has 2 aromatic heterocycles. The molecule has 0 saturated heterocycles. The van der Waals surface area contributed by atoms with E-state index >= 15 is 0 Å². The van der Waals surface area contributed by atoms with Crippen molar-refractivity contribution < 1.29 is 23.6 Å². The summed E-state index contributed by atoms with van der Waals surface area (Å²) in [7, 11) is 0. The number of hydrogen-bond acceptors (Lipinski definition) is 7. The highest BCUT2D eigenvalue weighted by Crippen LogP contribution is 2.33. The van der Waals surface area contributed by atoms with E-state index in [0.29, 0.717) is 22.3 Å². The molecule has 0 spiro atoms. The molecule has 190 valence electrons. The third-order valence-corrected chi connectivity index (χ3v) is 5.81. The second-order valence-electron chi connectivity index (χ2n) is 8.57. The summed E-state index contributed by atoms with van der Waals surface area (Å²) in [5.74, 6) is 1.34. The summed E-state index contributed by atoms with van der Waals surface area (Å²) in [5, 5.41) is 14.7. The molecular formula is C27H24ClN3O6. The standard InChI is InChI=1S/C27H24ClN3O6/c1-16(2)23-13-24(28)17(3)9-26(23)35-15-21-6-7-25(37-21)27(32)30-18-10-19(31(33)34)12-22(11-18)36-20-5-4-8-29-14-20/h4-14,16H,15H2,1-3H3,(H,30,32). The highest BCUT2D eigenvalue weighted by Gasteiger charge is 2.17. The largest absolute Gasteiger partial charge is 0.485 e. The number of amides is 1. The van der Waals surface area contributed by atoms with Crippen LogP contribution in [0.1, 0.15) is 47.2 Å². The first kappa shape index (κ1) is 25.7. The number of carbonyl (C=O) groups excluding carboxylic acids is 1. The number of hydrogen-bond donors (Lipinski definition) is 1. The molecule has 0 fully saturated rings. The Balaban J connectivity index is 1.47. The maximum absolute atomic E-state index is 12.8. The lowest BCUT2D eigenvalue weighted by Gasteiger charge is -2.15. The van der Waals surface area contributed by atoms with Crippen LogP contribution in [0.2, 0.25) is 5.02 Å². The number of anilines is 1. The molecule has 10 heteroatoms. The predicted octanol–water partition coefficient (Wildman–Crippen LogP) is 7.29. The average Bonchev–Trinajstić information content (AvgIpc) is 3.34. The lowest BCUT2D eigenvalue weighted by Crippen LogP contribution is -2.11. The molecule has 2 aromatic carbocycles. The van der Waals surface area contributed by atoms with E-state index in [-0.39, 0.29) is 35.4 Å².